The molecule has 3 aromatic rings. The highest BCUT2D eigenvalue weighted by atomic mass is 16.2. The largest absolute Gasteiger partial charge is 0.366 e. The van der Waals surface area contributed by atoms with E-state index in [1.807, 2.05) is 24.3 Å². The molecule has 1 aromatic carbocycles. The van der Waals surface area contributed by atoms with Crippen LogP contribution in [0, 0.1) is 0 Å². The van der Waals surface area contributed by atoms with Gasteiger partial charge < -0.3 is 15.6 Å². The zero-order valence-electron chi connectivity index (χ0n) is 16.0. The first kappa shape index (κ1) is 17.6. The smallest absolute Gasteiger partial charge is 0.256 e. The van der Waals surface area contributed by atoms with Crippen molar-refractivity contribution in [1.82, 2.24) is 19.9 Å². The summed E-state index contributed by atoms with van der Waals surface area (Å²) in [5.41, 5.74) is 4.76. The molecular weight excluding hydrogens is 364 g/mol. The molecule has 0 atom stereocenters. The minimum Gasteiger partial charge on any atom is -0.366 e. The molecule has 5 rings (SSSR count). The third-order valence-electron chi connectivity index (χ3n) is 5.51. The van der Waals surface area contributed by atoms with Crippen LogP contribution < -0.4 is 10.6 Å². The molecule has 3 N–H and O–H groups in total. The Morgan fingerprint density at radius 3 is 2.79 bits per heavy atom. The van der Waals surface area contributed by atoms with Crippen molar-refractivity contribution in [2.45, 2.75) is 38.1 Å². The van der Waals surface area contributed by atoms with E-state index < -0.39 is 0 Å². The van der Waals surface area contributed by atoms with Crippen LogP contribution in [0.15, 0.2) is 43.1 Å². The Hall–Kier alpha value is -3.48. The Morgan fingerprint density at radius 2 is 1.97 bits per heavy atom. The van der Waals surface area contributed by atoms with Crippen LogP contribution in [0.3, 0.4) is 0 Å². The van der Waals surface area contributed by atoms with E-state index in [0.29, 0.717) is 11.6 Å². The number of nitrogens with zero attached hydrogens (tertiary/aromatic N) is 3. The molecule has 0 spiro atoms. The van der Waals surface area contributed by atoms with Crippen molar-refractivity contribution in [2.24, 2.45) is 0 Å². The molecule has 1 aliphatic heterocycles. The summed E-state index contributed by atoms with van der Waals surface area (Å²) in [6.07, 6.45) is 14.8. The van der Waals surface area contributed by atoms with Gasteiger partial charge in [0.2, 0.25) is 0 Å². The van der Waals surface area contributed by atoms with Crippen LogP contribution in [-0.2, 0) is 4.79 Å². The van der Waals surface area contributed by atoms with E-state index in [2.05, 4.69) is 25.6 Å². The molecule has 0 bridgehead atoms. The monoisotopic (exact) mass is 386 g/mol. The summed E-state index contributed by atoms with van der Waals surface area (Å²) in [5.74, 6) is 0.683. The quantitative estimate of drug-likeness (QED) is 0.587. The van der Waals surface area contributed by atoms with Gasteiger partial charge in [0.1, 0.15) is 5.82 Å². The maximum absolute atomic E-state index is 12.4. The molecular formula is C22H22N6O. The van der Waals surface area contributed by atoms with E-state index in [1.54, 1.807) is 24.9 Å². The molecule has 1 fully saturated rings. The number of benzene rings is 1. The lowest BCUT2D eigenvalue weighted by Gasteiger charge is -2.23. The number of H-pyrrole nitrogens is 1. The van der Waals surface area contributed by atoms with E-state index in [0.717, 1.165) is 34.0 Å². The Bertz CT molecular complexity index is 1070. The average Bonchev–Trinajstić information content (AvgIpc) is 3.37. The highest BCUT2D eigenvalue weighted by molar-refractivity contribution is 6.35. The summed E-state index contributed by atoms with van der Waals surface area (Å²) in [6.45, 7) is 0. The van der Waals surface area contributed by atoms with E-state index in [4.69, 9.17) is 4.98 Å². The number of carbonyl (C=O) groups is 1. The van der Waals surface area contributed by atoms with Gasteiger partial charge in [-0.1, -0.05) is 25.3 Å². The summed E-state index contributed by atoms with van der Waals surface area (Å²) >= 11 is 0. The normalized spacial score (nSPS) is 17.9. The van der Waals surface area contributed by atoms with Gasteiger partial charge in [-0.15, -0.1) is 0 Å². The molecule has 1 amide bonds. The fourth-order valence-electron chi connectivity index (χ4n) is 4.02. The minimum atomic E-state index is -0.120. The first-order chi connectivity index (χ1) is 14.3. The Labute approximate surface area is 168 Å². The van der Waals surface area contributed by atoms with Gasteiger partial charge >= 0.3 is 0 Å². The number of amides is 1. The minimum absolute atomic E-state index is 0.120. The van der Waals surface area contributed by atoms with E-state index >= 15 is 0 Å². The van der Waals surface area contributed by atoms with Crippen LogP contribution in [0.4, 0.5) is 11.5 Å². The van der Waals surface area contributed by atoms with Gasteiger partial charge in [0.05, 0.1) is 41.9 Å². The molecule has 0 unspecified atom stereocenters. The zero-order valence-corrected chi connectivity index (χ0v) is 16.0. The topological polar surface area (TPSA) is 95.6 Å². The van der Waals surface area contributed by atoms with Gasteiger partial charge in [0.25, 0.3) is 5.91 Å². The van der Waals surface area contributed by atoms with Gasteiger partial charge in [-0.2, -0.15) is 0 Å². The number of aromatic nitrogens is 4. The Balaban J connectivity index is 1.45. The summed E-state index contributed by atoms with van der Waals surface area (Å²) in [4.78, 5) is 28.6. The summed E-state index contributed by atoms with van der Waals surface area (Å²) in [7, 11) is 0. The highest BCUT2D eigenvalue weighted by Gasteiger charge is 2.25. The molecule has 7 nitrogen and oxygen atoms in total. The fraction of sp³-hybridized carbons (Fsp3) is 0.273. The number of anilines is 2. The number of rotatable bonds is 4. The number of hydrogen-bond donors (Lipinski definition) is 3. The maximum atomic E-state index is 12.4. The molecule has 2 aromatic heterocycles. The predicted molar refractivity (Wildman–Crippen MR) is 113 cm³/mol. The van der Waals surface area contributed by atoms with Crippen molar-refractivity contribution < 1.29 is 4.79 Å². The van der Waals surface area contributed by atoms with Gasteiger partial charge in [0.15, 0.2) is 0 Å². The molecule has 29 heavy (non-hydrogen) atoms. The van der Waals surface area contributed by atoms with Gasteiger partial charge in [-0.05, 0) is 31.1 Å². The number of nitrogens with one attached hydrogen (secondary N) is 3. The van der Waals surface area contributed by atoms with Crippen molar-refractivity contribution in [2.75, 3.05) is 10.6 Å². The second kappa shape index (κ2) is 7.50. The summed E-state index contributed by atoms with van der Waals surface area (Å²) < 4.78 is 0. The van der Waals surface area contributed by atoms with Crippen LogP contribution in [-0.4, -0.2) is 31.9 Å². The first-order valence-electron chi connectivity index (χ1n) is 10.0. The van der Waals surface area contributed by atoms with Crippen LogP contribution in [0.1, 0.15) is 43.4 Å². The molecule has 1 saturated carbocycles. The number of fused-ring (bicyclic) bond motifs is 1. The molecule has 2 aliphatic rings. The number of aromatic amines is 1. The summed E-state index contributed by atoms with van der Waals surface area (Å²) in [6, 6.07) is 6.34. The van der Waals surface area contributed by atoms with Gasteiger partial charge in [-0.3, -0.25) is 9.78 Å². The molecule has 1 aliphatic carbocycles. The second-order valence-electron chi connectivity index (χ2n) is 7.55. The molecule has 0 radical (unpaired) electrons. The molecule has 0 saturated heterocycles. The third-order valence-corrected chi connectivity index (χ3v) is 5.51. The maximum Gasteiger partial charge on any atom is 0.256 e. The Morgan fingerprint density at radius 1 is 1.07 bits per heavy atom. The van der Waals surface area contributed by atoms with E-state index in [-0.39, 0.29) is 5.91 Å². The lowest BCUT2D eigenvalue weighted by Crippen LogP contribution is -2.22. The highest BCUT2D eigenvalue weighted by Crippen LogP contribution is 2.36. The van der Waals surface area contributed by atoms with Gasteiger partial charge in [-0.25, -0.2) is 9.97 Å². The van der Waals surface area contributed by atoms with Gasteiger partial charge in [0, 0.05) is 22.9 Å². The van der Waals surface area contributed by atoms with E-state index in [9.17, 15) is 4.79 Å². The summed E-state index contributed by atoms with van der Waals surface area (Å²) in [5, 5.41) is 6.44. The molecule has 146 valence electrons. The fourth-order valence-corrected chi connectivity index (χ4v) is 4.02. The van der Waals surface area contributed by atoms with Crippen molar-refractivity contribution in [3.63, 3.8) is 0 Å². The SMILES string of the molecule is O=C1Nc2ccc(-c3cncc(NC4CCCCC4)n3)cc2/C1=C/c1cnc[nH]1. The first-order valence-corrected chi connectivity index (χ1v) is 10.0. The second-order valence-corrected chi connectivity index (χ2v) is 7.55. The van der Waals surface area contributed by atoms with Crippen molar-refractivity contribution in [1.29, 1.82) is 0 Å². The number of carbonyl (C=O) groups excluding carboxylic acids is 1. The van der Waals surface area contributed by atoms with Crippen LogP contribution >= 0.6 is 0 Å². The van der Waals surface area contributed by atoms with Crippen molar-refractivity contribution in [3.05, 3.63) is 54.4 Å². The zero-order chi connectivity index (χ0) is 19.6. The number of hydrogen-bond acceptors (Lipinski definition) is 5. The predicted octanol–water partition coefficient (Wildman–Crippen LogP) is 4.10. The standard InChI is InChI=1S/C22H22N6O/c29-22-18(9-16-10-24-13-25-16)17-8-14(6-7-19(17)28-22)20-11-23-12-21(27-20)26-15-4-2-1-3-5-15/h6-13,15H,1-5H2,(H,24,25)(H,26,27)(H,28,29)/b18-9-. The van der Waals surface area contributed by atoms with Crippen LogP contribution in [0.25, 0.3) is 22.9 Å². The van der Waals surface area contributed by atoms with Crippen LogP contribution in [0.5, 0.6) is 0 Å². The van der Waals surface area contributed by atoms with Crippen molar-refractivity contribution >= 4 is 29.1 Å². The third kappa shape index (κ3) is 3.63. The van der Waals surface area contributed by atoms with E-state index in [1.165, 1.54) is 32.1 Å². The average molecular weight is 386 g/mol. The van der Waals surface area contributed by atoms with Crippen LogP contribution in [0.2, 0.25) is 0 Å². The molecule has 7 heteroatoms. The lowest BCUT2D eigenvalue weighted by atomic mass is 9.95. The van der Waals surface area contributed by atoms with Crippen molar-refractivity contribution in [3.8, 4) is 11.3 Å². The lowest BCUT2D eigenvalue weighted by molar-refractivity contribution is -0.110. The Kier molecular flexibility index (Phi) is 4.56. The number of imidazole rings is 1. The molecule has 3 heterocycles.